The van der Waals surface area contributed by atoms with Gasteiger partial charge in [-0.3, -0.25) is 9.59 Å². The van der Waals surface area contributed by atoms with Crippen molar-refractivity contribution in [3.05, 3.63) is 47.3 Å². The Morgan fingerprint density at radius 2 is 1.87 bits per heavy atom. The van der Waals surface area contributed by atoms with Crippen molar-refractivity contribution >= 4 is 11.9 Å². The molecule has 2 atom stereocenters. The van der Waals surface area contributed by atoms with Crippen LogP contribution in [-0.4, -0.2) is 32.8 Å². The van der Waals surface area contributed by atoms with Gasteiger partial charge in [0.25, 0.3) is 5.91 Å². The number of aryl methyl sites for hydroxylation is 1. The molecule has 122 valence electrons. The second-order valence-corrected chi connectivity index (χ2v) is 5.73. The average Bonchev–Trinajstić information content (AvgIpc) is 2.88. The van der Waals surface area contributed by atoms with E-state index in [1.165, 1.54) is 6.20 Å². The van der Waals surface area contributed by atoms with Gasteiger partial charge in [-0.05, 0) is 39.3 Å². The van der Waals surface area contributed by atoms with Crippen LogP contribution in [0.2, 0.25) is 0 Å². The minimum atomic E-state index is -0.940. The summed E-state index contributed by atoms with van der Waals surface area (Å²) in [4.78, 5) is 23.4. The fourth-order valence-corrected chi connectivity index (χ4v) is 2.30. The molecule has 23 heavy (non-hydrogen) atoms. The summed E-state index contributed by atoms with van der Waals surface area (Å²) in [6.45, 7) is 7.04. The maximum atomic E-state index is 12.4. The number of para-hydroxylation sites is 1. The molecule has 2 aromatic rings. The molecule has 2 unspecified atom stereocenters. The second-order valence-electron chi connectivity index (χ2n) is 5.73. The molecule has 2 N–H and O–H groups in total. The van der Waals surface area contributed by atoms with E-state index in [2.05, 4.69) is 10.4 Å². The molecule has 6 heteroatoms. The van der Waals surface area contributed by atoms with Gasteiger partial charge in [-0.2, -0.15) is 5.10 Å². The minimum Gasteiger partial charge on any atom is -0.481 e. The van der Waals surface area contributed by atoms with Gasteiger partial charge >= 0.3 is 5.97 Å². The van der Waals surface area contributed by atoms with Crippen molar-refractivity contribution in [3.8, 4) is 5.69 Å². The predicted molar refractivity (Wildman–Crippen MR) is 86.8 cm³/mol. The third kappa shape index (κ3) is 3.41. The second kappa shape index (κ2) is 6.64. The molecule has 0 aliphatic heterocycles. The van der Waals surface area contributed by atoms with E-state index in [0.717, 1.165) is 11.3 Å². The Bertz CT molecular complexity index is 736. The number of amides is 1. The number of benzene rings is 1. The van der Waals surface area contributed by atoms with Crippen LogP contribution >= 0.6 is 0 Å². The van der Waals surface area contributed by atoms with E-state index in [4.69, 9.17) is 5.11 Å². The number of carbonyl (C=O) groups is 2. The van der Waals surface area contributed by atoms with Crippen molar-refractivity contribution in [2.45, 2.75) is 33.7 Å². The summed E-state index contributed by atoms with van der Waals surface area (Å²) in [6.07, 6.45) is 1.51. The molecule has 2 rings (SSSR count). The Labute approximate surface area is 135 Å². The molecular weight excluding hydrogens is 294 g/mol. The molecule has 0 aliphatic carbocycles. The zero-order valence-electron chi connectivity index (χ0n) is 13.7. The lowest BCUT2D eigenvalue weighted by Crippen LogP contribution is -2.40. The highest BCUT2D eigenvalue weighted by Gasteiger charge is 2.23. The zero-order valence-corrected chi connectivity index (χ0v) is 13.7. The highest BCUT2D eigenvalue weighted by Crippen LogP contribution is 2.17. The normalized spacial score (nSPS) is 13.4. The molecule has 0 spiro atoms. The van der Waals surface area contributed by atoms with Gasteiger partial charge in [-0.15, -0.1) is 0 Å². The summed E-state index contributed by atoms with van der Waals surface area (Å²) < 4.78 is 1.72. The Morgan fingerprint density at radius 3 is 2.48 bits per heavy atom. The number of hydrogen-bond acceptors (Lipinski definition) is 3. The van der Waals surface area contributed by atoms with Gasteiger partial charge in [-0.25, -0.2) is 4.68 Å². The van der Waals surface area contributed by atoms with Crippen LogP contribution in [0.5, 0.6) is 0 Å². The maximum absolute atomic E-state index is 12.4. The zero-order chi connectivity index (χ0) is 17.1. The quantitative estimate of drug-likeness (QED) is 0.887. The highest BCUT2D eigenvalue weighted by molar-refractivity contribution is 5.95. The van der Waals surface area contributed by atoms with Gasteiger partial charge in [0.2, 0.25) is 0 Å². The molecule has 6 nitrogen and oxygen atoms in total. The van der Waals surface area contributed by atoms with Crippen molar-refractivity contribution in [1.29, 1.82) is 0 Å². The van der Waals surface area contributed by atoms with E-state index in [9.17, 15) is 9.59 Å². The number of aliphatic carboxylic acids is 1. The number of rotatable bonds is 5. The van der Waals surface area contributed by atoms with Gasteiger partial charge < -0.3 is 10.4 Å². The fourth-order valence-electron chi connectivity index (χ4n) is 2.30. The molecule has 0 bridgehead atoms. The number of hydrogen-bond donors (Lipinski definition) is 2. The van der Waals surface area contributed by atoms with Crippen LogP contribution in [0.3, 0.4) is 0 Å². The summed E-state index contributed by atoms with van der Waals surface area (Å²) in [5.41, 5.74) is 3.12. The van der Waals surface area contributed by atoms with Gasteiger partial charge in [0.1, 0.15) is 0 Å². The molecule has 0 aliphatic rings. The largest absolute Gasteiger partial charge is 0.481 e. The van der Waals surface area contributed by atoms with Crippen molar-refractivity contribution in [1.82, 2.24) is 15.1 Å². The maximum Gasteiger partial charge on any atom is 0.308 e. The summed E-state index contributed by atoms with van der Waals surface area (Å²) >= 11 is 0. The number of aromatic nitrogens is 2. The van der Waals surface area contributed by atoms with E-state index in [1.54, 1.807) is 18.5 Å². The molecular formula is C17H21N3O3. The highest BCUT2D eigenvalue weighted by atomic mass is 16.4. The first-order valence-corrected chi connectivity index (χ1v) is 7.47. The summed E-state index contributed by atoms with van der Waals surface area (Å²) in [5, 5.41) is 16.0. The lowest BCUT2D eigenvalue weighted by Gasteiger charge is -2.17. The van der Waals surface area contributed by atoms with Crippen LogP contribution in [-0.2, 0) is 4.79 Å². The molecule has 0 radical (unpaired) electrons. The standard InChI is InChI=1S/C17H21N3O3/c1-10-7-5-6-8-15(10)20-13(4)14(9-18-20)16(21)19-12(3)11(2)17(22)23/h5-9,11-12H,1-4H3,(H,19,21)(H,22,23). The van der Waals surface area contributed by atoms with E-state index >= 15 is 0 Å². The van der Waals surface area contributed by atoms with Crippen molar-refractivity contribution in [3.63, 3.8) is 0 Å². The van der Waals surface area contributed by atoms with E-state index in [-0.39, 0.29) is 5.91 Å². The van der Waals surface area contributed by atoms with Crippen LogP contribution in [0.4, 0.5) is 0 Å². The topological polar surface area (TPSA) is 84.2 Å². The first-order valence-electron chi connectivity index (χ1n) is 7.47. The Morgan fingerprint density at radius 1 is 1.22 bits per heavy atom. The van der Waals surface area contributed by atoms with Crippen molar-refractivity contribution < 1.29 is 14.7 Å². The number of carboxylic acid groups (broad SMARTS) is 1. The fraction of sp³-hybridized carbons (Fsp3) is 0.353. The number of nitrogens with zero attached hydrogens (tertiary/aromatic N) is 2. The third-order valence-electron chi connectivity index (χ3n) is 4.10. The first kappa shape index (κ1) is 16.7. The lowest BCUT2D eigenvalue weighted by atomic mass is 10.0. The van der Waals surface area contributed by atoms with Gasteiger partial charge in [0.15, 0.2) is 0 Å². The molecule has 1 amide bonds. The monoisotopic (exact) mass is 315 g/mol. The third-order valence-corrected chi connectivity index (χ3v) is 4.10. The molecule has 1 aromatic carbocycles. The molecule has 0 saturated heterocycles. The SMILES string of the molecule is Cc1ccccc1-n1ncc(C(=O)NC(C)C(C)C(=O)O)c1C. The number of nitrogens with one attached hydrogen (secondary N) is 1. The number of carbonyl (C=O) groups excluding carboxylic acids is 1. The van der Waals surface area contributed by atoms with Crippen LogP contribution < -0.4 is 5.32 Å². The van der Waals surface area contributed by atoms with E-state index in [1.807, 2.05) is 38.1 Å². The van der Waals surface area contributed by atoms with Gasteiger partial charge in [0.05, 0.1) is 29.1 Å². The summed E-state index contributed by atoms with van der Waals surface area (Å²) in [6, 6.07) is 7.31. The van der Waals surface area contributed by atoms with Crippen LogP contribution in [0, 0.1) is 19.8 Å². The lowest BCUT2D eigenvalue weighted by molar-refractivity contribution is -0.141. The predicted octanol–water partition coefficient (Wildman–Crippen LogP) is 2.33. The number of carboxylic acids is 1. The molecule has 1 aromatic heterocycles. The van der Waals surface area contributed by atoms with E-state index in [0.29, 0.717) is 11.3 Å². The Balaban J connectivity index is 2.24. The van der Waals surface area contributed by atoms with Crippen LogP contribution in [0.25, 0.3) is 5.69 Å². The summed E-state index contributed by atoms with van der Waals surface area (Å²) in [7, 11) is 0. The molecule has 0 fully saturated rings. The van der Waals surface area contributed by atoms with Crippen LogP contribution in [0.15, 0.2) is 30.5 Å². The molecule has 0 saturated carbocycles. The average molecular weight is 315 g/mol. The van der Waals surface area contributed by atoms with Gasteiger partial charge in [-0.1, -0.05) is 18.2 Å². The van der Waals surface area contributed by atoms with Crippen molar-refractivity contribution in [2.75, 3.05) is 0 Å². The van der Waals surface area contributed by atoms with Crippen LogP contribution in [0.1, 0.15) is 35.5 Å². The Hall–Kier alpha value is -2.63. The van der Waals surface area contributed by atoms with Crippen molar-refractivity contribution in [2.24, 2.45) is 5.92 Å². The smallest absolute Gasteiger partial charge is 0.308 e. The summed E-state index contributed by atoms with van der Waals surface area (Å²) in [5.74, 6) is -1.92. The minimum absolute atomic E-state index is 0.317. The first-order chi connectivity index (χ1) is 10.8. The Kier molecular flexibility index (Phi) is 4.83. The molecule has 1 heterocycles. The van der Waals surface area contributed by atoms with E-state index < -0.39 is 17.9 Å². The van der Waals surface area contributed by atoms with Gasteiger partial charge in [0, 0.05) is 6.04 Å².